The Morgan fingerprint density at radius 1 is 1.16 bits per heavy atom. The number of nitrogens with zero attached hydrogens (tertiary/aromatic N) is 1. The van der Waals surface area contributed by atoms with Gasteiger partial charge in [-0.3, -0.25) is 24.5 Å². The minimum absolute atomic E-state index is 0.186. The summed E-state index contributed by atoms with van der Waals surface area (Å²) in [6, 6.07) is 8.54. The van der Waals surface area contributed by atoms with Crippen LogP contribution in [0.5, 0.6) is 0 Å². The number of aryl methyl sites for hydroxylation is 1. The van der Waals surface area contributed by atoms with E-state index >= 15 is 0 Å². The number of benzene rings is 2. The van der Waals surface area contributed by atoms with Crippen molar-refractivity contribution in [3.63, 3.8) is 0 Å². The smallest absolute Gasteiger partial charge is 0.272 e. The molecule has 0 radical (unpaired) electrons. The first-order valence-electron chi connectivity index (χ1n) is 10.2. The van der Waals surface area contributed by atoms with Crippen molar-refractivity contribution in [2.75, 3.05) is 5.32 Å². The van der Waals surface area contributed by atoms with E-state index < -0.39 is 11.9 Å². The second-order valence-electron chi connectivity index (χ2n) is 8.04. The molecule has 1 atom stereocenters. The van der Waals surface area contributed by atoms with E-state index in [1.807, 2.05) is 0 Å². The van der Waals surface area contributed by atoms with Gasteiger partial charge >= 0.3 is 0 Å². The van der Waals surface area contributed by atoms with Gasteiger partial charge in [-0.25, -0.2) is 4.39 Å². The number of nitrogens with one attached hydrogen (secondary N) is 3. The molecule has 1 fully saturated rings. The molecule has 1 unspecified atom stereocenters. The van der Waals surface area contributed by atoms with Gasteiger partial charge in [-0.15, -0.1) is 0 Å². The molecule has 1 saturated heterocycles. The molecule has 0 bridgehead atoms. The Hall–Kier alpha value is -4.01. The highest BCUT2D eigenvalue weighted by Gasteiger charge is 2.39. The van der Waals surface area contributed by atoms with Crippen LogP contribution in [-0.2, 0) is 16.1 Å². The molecule has 0 aliphatic carbocycles. The third-order valence-corrected chi connectivity index (χ3v) is 6.03. The van der Waals surface area contributed by atoms with Crippen molar-refractivity contribution in [3.8, 4) is 0 Å². The number of hydrogen-bond donors (Lipinski definition) is 3. The Morgan fingerprint density at radius 2 is 1.97 bits per heavy atom. The average Bonchev–Trinajstić information content (AvgIpc) is 3.25. The quantitative estimate of drug-likeness (QED) is 0.550. The van der Waals surface area contributed by atoms with E-state index in [0.717, 1.165) is 0 Å². The summed E-state index contributed by atoms with van der Waals surface area (Å²) < 4.78 is 13.6. The normalized spacial score (nSPS) is 18.1. The molecule has 0 saturated carbocycles. The van der Waals surface area contributed by atoms with Gasteiger partial charge in [0.2, 0.25) is 11.8 Å². The van der Waals surface area contributed by atoms with Gasteiger partial charge in [0.15, 0.2) is 0 Å². The molecule has 3 aromatic rings. The number of hydrogen-bond acceptors (Lipinski definition) is 4. The fourth-order valence-electron chi connectivity index (χ4n) is 4.37. The van der Waals surface area contributed by atoms with Crippen LogP contribution in [0.25, 0.3) is 10.9 Å². The van der Waals surface area contributed by atoms with Crippen molar-refractivity contribution in [2.24, 2.45) is 0 Å². The molecule has 3 N–H and O–H groups in total. The highest BCUT2D eigenvalue weighted by atomic mass is 19.1. The van der Waals surface area contributed by atoms with E-state index in [1.54, 1.807) is 31.2 Å². The molecule has 4 amide bonds. The zero-order valence-corrected chi connectivity index (χ0v) is 17.1. The molecule has 162 valence electrons. The van der Waals surface area contributed by atoms with Gasteiger partial charge in [-0.05, 0) is 60.9 Å². The van der Waals surface area contributed by atoms with E-state index in [0.29, 0.717) is 39.0 Å². The number of carbonyl (C=O) groups is 4. The number of carbonyl (C=O) groups excluding carboxylic acids is 4. The number of piperidine rings is 1. The van der Waals surface area contributed by atoms with E-state index in [1.165, 1.54) is 17.0 Å². The van der Waals surface area contributed by atoms with Crippen LogP contribution in [0.4, 0.5) is 10.1 Å². The molecule has 3 heterocycles. The summed E-state index contributed by atoms with van der Waals surface area (Å²) in [6.45, 7) is 1.96. The van der Waals surface area contributed by atoms with Crippen LogP contribution in [-0.4, -0.2) is 39.6 Å². The van der Waals surface area contributed by atoms with Crippen molar-refractivity contribution in [1.29, 1.82) is 0 Å². The number of aromatic amines is 1. The van der Waals surface area contributed by atoms with Crippen molar-refractivity contribution in [1.82, 2.24) is 15.2 Å². The topological polar surface area (TPSA) is 111 Å². The van der Waals surface area contributed by atoms with E-state index in [4.69, 9.17) is 0 Å². The predicted octanol–water partition coefficient (Wildman–Crippen LogP) is 2.63. The van der Waals surface area contributed by atoms with Crippen LogP contribution in [0, 0.1) is 12.7 Å². The number of halogens is 1. The lowest BCUT2D eigenvalue weighted by atomic mass is 10.0. The summed E-state index contributed by atoms with van der Waals surface area (Å²) in [7, 11) is 0. The standard InChI is InChI=1S/C23H19FN4O4/c1-11-16-9-13(24)2-5-17(16)26-20(11)22(31)25-14-3-4-15-12(8-14)10-28(23(15)32)18-6-7-19(29)27-21(18)30/h2-5,8-9,18,26H,6-7,10H2,1H3,(H,25,31)(H,27,29,30). The molecule has 1 aromatic heterocycles. The second-order valence-corrected chi connectivity index (χ2v) is 8.04. The third-order valence-electron chi connectivity index (χ3n) is 6.03. The number of imide groups is 1. The van der Waals surface area contributed by atoms with E-state index in [-0.39, 0.29) is 42.9 Å². The fraction of sp³-hybridized carbons (Fsp3) is 0.217. The summed E-state index contributed by atoms with van der Waals surface area (Å²) in [5.41, 5.74) is 3.27. The average molecular weight is 434 g/mol. The lowest BCUT2D eigenvalue weighted by Crippen LogP contribution is -2.52. The number of anilines is 1. The van der Waals surface area contributed by atoms with Crippen LogP contribution in [0.2, 0.25) is 0 Å². The summed E-state index contributed by atoms with van der Waals surface area (Å²) >= 11 is 0. The molecule has 8 nitrogen and oxygen atoms in total. The lowest BCUT2D eigenvalue weighted by Gasteiger charge is -2.29. The van der Waals surface area contributed by atoms with Gasteiger partial charge < -0.3 is 15.2 Å². The SMILES string of the molecule is Cc1c(C(=O)Nc2ccc3c(c2)CN(C2CCC(=O)NC2=O)C3=O)[nH]c2ccc(F)cc12. The molecule has 2 aromatic carbocycles. The molecular formula is C23H19FN4O4. The molecule has 32 heavy (non-hydrogen) atoms. The minimum atomic E-state index is -0.694. The van der Waals surface area contributed by atoms with E-state index in [9.17, 15) is 23.6 Å². The summed E-state index contributed by atoms with van der Waals surface area (Å²) in [4.78, 5) is 53.7. The Morgan fingerprint density at radius 3 is 2.75 bits per heavy atom. The summed E-state index contributed by atoms with van der Waals surface area (Å²) in [6.07, 6.45) is 0.472. The molecule has 9 heteroatoms. The van der Waals surface area contributed by atoms with Crippen molar-refractivity contribution in [3.05, 3.63) is 64.6 Å². The maximum atomic E-state index is 13.6. The Balaban J connectivity index is 1.36. The highest BCUT2D eigenvalue weighted by Crippen LogP contribution is 2.30. The van der Waals surface area contributed by atoms with Crippen LogP contribution in [0.15, 0.2) is 36.4 Å². The van der Waals surface area contributed by atoms with Gasteiger partial charge in [0.1, 0.15) is 17.6 Å². The van der Waals surface area contributed by atoms with Crippen LogP contribution in [0.1, 0.15) is 44.8 Å². The zero-order valence-electron chi connectivity index (χ0n) is 17.1. The number of amides is 4. The van der Waals surface area contributed by atoms with Gasteiger partial charge in [0, 0.05) is 35.1 Å². The number of fused-ring (bicyclic) bond motifs is 2. The fourth-order valence-corrected chi connectivity index (χ4v) is 4.37. The van der Waals surface area contributed by atoms with Crippen molar-refractivity contribution in [2.45, 2.75) is 32.4 Å². The molecule has 5 rings (SSSR count). The first kappa shape index (κ1) is 19.9. The number of aromatic nitrogens is 1. The zero-order chi connectivity index (χ0) is 22.6. The molecular weight excluding hydrogens is 415 g/mol. The monoisotopic (exact) mass is 434 g/mol. The van der Waals surface area contributed by atoms with Gasteiger partial charge in [-0.1, -0.05) is 0 Å². The van der Waals surface area contributed by atoms with Gasteiger partial charge in [0.05, 0.1) is 0 Å². The van der Waals surface area contributed by atoms with Crippen LogP contribution >= 0.6 is 0 Å². The summed E-state index contributed by atoms with van der Waals surface area (Å²) in [5.74, 6) is -1.85. The largest absolute Gasteiger partial charge is 0.350 e. The Labute approximate surface area is 181 Å². The Bertz CT molecular complexity index is 1330. The Kier molecular flexibility index (Phi) is 4.54. The maximum Gasteiger partial charge on any atom is 0.272 e. The molecule has 2 aliphatic rings. The first-order chi connectivity index (χ1) is 15.3. The van der Waals surface area contributed by atoms with Crippen LogP contribution in [0.3, 0.4) is 0 Å². The summed E-state index contributed by atoms with van der Waals surface area (Å²) in [5, 5.41) is 5.72. The van der Waals surface area contributed by atoms with Crippen molar-refractivity contribution < 1.29 is 23.6 Å². The minimum Gasteiger partial charge on any atom is -0.350 e. The van der Waals surface area contributed by atoms with Crippen LogP contribution < -0.4 is 10.6 Å². The lowest BCUT2D eigenvalue weighted by molar-refractivity contribution is -0.136. The van der Waals surface area contributed by atoms with Crippen molar-refractivity contribution >= 4 is 40.2 Å². The number of H-pyrrole nitrogens is 1. The second kappa shape index (κ2) is 7.30. The maximum absolute atomic E-state index is 13.6. The first-order valence-corrected chi connectivity index (χ1v) is 10.2. The molecule has 2 aliphatic heterocycles. The highest BCUT2D eigenvalue weighted by molar-refractivity contribution is 6.09. The van der Waals surface area contributed by atoms with Gasteiger partial charge in [0.25, 0.3) is 11.8 Å². The molecule has 0 spiro atoms. The van der Waals surface area contributed by atoms with Gasteiger partial charge in [-0.2, -0.15) is 0 Å². The third kappa shape index (κ3) is 3.22. The predicted molar refractivity (Wildman–Crippen MR) is 113 cm³/mol. The number of rotatable bonds is 3. The van der Waals surface area contributed by atoms with E-state index in [2.05, 4.69) is 15.6 Å².